The van der Waals surface area contributed by atoms with Gasteiger partial charge in [-0.1, -0.05) is 40.9 Å². The number of aromatic amines is 1. The van der Waals surface area contributed by atoms with Crippen LogP contribution in [0.2, 0.25) is 10.2 Å². The first kappa shape index (κ1) is 16.7. The first-order chi connectivity index (χ1) is 10.6. The molecule has 4 nitrogen and oxygen atoms in total. The summed E-state index contributed by atoms with van der Waals surface area (Å²) in [4.78, 5) is 14.5. The molecule has 0 radical (unpaired) electrons. The van der Waals surface area contributed by atoms with Gasteiger partial charge in [0.1, 0.15) is 16.6 Å². The monoisotopic (exact) mass is 340 g/mol. The molecular weight excluding hydrogens is 323 g/mol. The van der Waals surface area contributed by atoms with E-state index in [-0.39, 0.29) is 11.1 Å². The van der Waals surface area contributed by atoms with Crippen molar-refractivity contribution in [3.63, 3.8) is 0 Å². The van der Waals surface area contributed by atoms with Crippen molar-refractivity contribution in [2.45, 2.75) is 19.8 Å². The average Bonchev–Trinajstić information content (AvgIpc) is 2.84. The van der Waals surface area contributed by atoms with E-state index in [0.717, 1.165) is 18.6 Å². The summed E-state index contributed by atoms with van der Waals surface area (Å²) >= 11 is 11.5. The number of amides is 1. The molecule has 0 bridgehead atoms. The van der Waals surface area contributed by atoms with E-state index in [0.29, 0.717) is 23.9 Å². The molecule has 0 aliphatic rings. The number of ether oxygens (including phenoxy) is 1. The number of hydrogen-bond acceptors (Lipinski definition) is 2. The summed E-state index contributed by atoms with van der Waals surface area (Å²) in [7, 11) is 0. The first-order valence-corrected chi connectivity index (χ1v) is 7.83. The van der Waals surface area contributed by atoms with Crippen molar-refractivity contribution < 1.29 is 9.53 Å². The predicted octanol–water partition coefficient (Wildman–Crippen LogP) is 4.22. The third kappa shape index (κ3) is 4.97. The van der Waals surface area contributed by atoms with Gasteiger partial charge < -0.3 is 15.0 Å². The SMILES string of the molecule is Cc1ccc(OCCCCNC(=O)c2cc(Cl)c(Cl)[nH]2)cc1. The lowest BCUT2D eigenvalue weighted by atomic mass is 10.2. The normalized spacial score (nSPS) is 10.5. The Bertz CT molecular complexity index is 604. The van der Waals surface area contributed by atoms with Gasteiger partial charge in [-0.25, -0.2) is 0 Å². The van der Waals surface area contributed by atoms with Crippen LogP contribution in [0.1, 0.15) is 28.9 Å². The number of aromatic nitrogens is 1. The third-order valence-corrected chi connectivity index (χ3v) is 3.81. The lowest BCUT2D eigenvalue weighted by molar-refractivity contribution is 0.0948. The highest BCUT2D eigenvalue weighted by molar-refractivity contribution is 6.41. The van der Waals surface area contributed by atoms with Crippen molar-refractivity contribution >= 4 is 29.1 Å². The van der Waals surface area contributed by atoms with E-state index in [4.69, 9.17) is 27.9 Å². The highest BCUT2D eigenvalue weighted by Crippen LogP contribution is 2.21. The Hall–Kier alpha value is -1.65. The van der Waals surface area contributed by atoms with Crippen LogP contribution in [0.3, 0.4) is 0 Å². The molecule has 1 heterocycles. The number of benzene rings is 1. The summed E-state index contributed by atoms with van der Waals surface area (Å²) in [5.74, 6) is 0.651. The van der Waals surface area contributed by atoms with Crippen molar-refractivity contribution in [2.24, 2.45) is 0 Å². The zero-order chi connectivity index (χ0) is 15.9. The number of carbonyl (C=O) groups excluding carboxylic acids is 1. The van der Waals surface area contributed by atoms with E-state index in [1.165, 1.54) is 11.6 Å². The molecule has 1 amide bonds. The second-order valence-corrected chi connectivity index (χ2v) is 5.75. The van der Waals surface area contributed by atoms with E-state index in [2.05, 4.69) is 10.3 Å². The highest BCUT2D eigenvalue weighted by Gasteiger charge is 2.10. The molecule has 0 aliphatic heterocycles. The van der Waals surface area contributed by atoms with Gasteiger partial charge in [-0.3, -0.25) is 4.79 Å². The number of H-pyrrole nitrogens is 1. The molecule has 0 spiro atoms. The van der Waals surface area contributed by atoms with Crippen molar-refractivity contribution in [1.82, 2.24) is 10.3 Å². The Kier molecular flexibility index (Phi) is 6.16. The largest absolute Gasteiger partial charge is 0.494 e. The average molecular weight is 341 g/mol. The molecule has 1 aromatic carbocycles. The molecule has 2 aromatic rings. The third-order valence-electron chi connectivity index (χ3n) is 3.12. The molecule has 0 fully saturated rings. The first-order valence-electron chi connectivity index (χ1n) is 7.08. The minimum Gasteiger partial charge on any atom is -0.494 e. The van der Waals surface area contributed by atoms with E-state index >= 15 is 0 Å². The maximum atomic E-state index is 11.8. The van der Waals surface area contributed by atoms with Crippen molar-refractivity contribution in [3.05, 3.63) is 51.8 Å². The molecule has 0 unspecified atom stereocenters. The van der Waals surface area contributed by atoms with Crippen molar-refractivity contribution in [3.8, 4) is 5.75 Å². The van der Waals surface area contributed by atoms with Gasteiger partial charge in [0.15, 0.2) is 0 Å². The van der Waals surface area contributed by atoms with Crippen LogP contribution in [0, 0.1) is 6.92 Å². The number of aryl methyl sites for hydroxylation is 1. The Morgan fingerprint density at radius 3 is 2.59 bits per heavy atom. The van der Waals surface area contributed by atoms with Crippen LogP contribution >= 0.6 is 23.2 Å². The van der Waals surface area contributed by atoms with E-state index in [1.807, 2.05) is 31.2 Å². The maximum Gasteiger partial charge on any atom is 0.267 e. The number of carbonyl (C=O) groups is 1. The summed E-state index contributed by atoms with van der Waals surface area (Å²) in [6.07, 6.45) is 1.69. The van der Waals surface area contributed by atoms with Crippen LogP contribution in [0.25, 0.3) is 0 Å². The van der Waals surface area contributed by atoms with Crippen molar-refractivity contribution in [2.75, 3.05) is 13.2 Å². The van der Waals surface area contributed by atoms with Crippen LogP contribution in [-0.2, 0) is 0 Å². The van der Waals surface area contributed by atoms with E-state index in [1.54, 1.807) is 0 Å². The Morgan fingerprint density at radius 1 is 1.23 bits per heavy atom. The Labute approximate surface area is 139 Å². The molecule has 2 N–H and O–H groups in total. The van der Waals surface area contributed by atoms with Crippen LogP contribution in [0.4, 0.5) is 0 Å². The van der Waals surface area contributed by atoms with Gasteiger partial charge in [-0.2, -0.15) is 0 Å². The standard InChI is InChI=1S/C16H18Cl2N2O2/c1-11-4-6-12(7-5-11)22-9-3-2-8-19-16(21)14-10-13(17)15(18)20-14/h4-7,10,20H,2-3,8-9H2,1H3,(H,19,21). The molecule has 0 aliphatic carbocycles. The smallest absolute Gasteiger partial charge is 0.267 e. The fourth-order valence-electron chi connectivity index (χ4n) is 1.88. The highest BCUT2D eigenvalue weighted by atomic mass is 35.5. The Balaban J connectivity index is 1.61. The zero-order valence-electron chi connectivity index (χ0n) is 12.3. The number of unbranched alkanes of at least 4 members (excludes halogenated alkanes) is 1. The molecule has 6 heteroatoms. The quantitative estimate of drug-likeness (QED) is 0.741. The van der Waals surface area contributed by atoms with Crippen LogP contribution < -0.4 is 10.1 Å². The molecular formula is C16H18Cl2N2O2. The van der Waals surface area contributed by atoms with E-state index in [9.17, 15) is 4.79 Å². The van der Waals surface area contributed by atoms with Gasteiger partial charge >= 0.3 is 0 Å². The minimum atomic E-state index is -0.215. The molecule has 118 valence electrons. The van der Waals surface area contributed by atoms with Crippen LogP contribution in [0.15, 0.2) is 30.3 Å². The Morgan fingerprint density at radius 2 is 1.95 bits per heavy atom. The van der Waals surface area contributed by atoms with Gasteiger partial charge in [-0.15, -0.1) is 0 Å². The molecule has 0 atom stereocenters. The van der Waals surface area contributed by atoms with Gasteiger partial charge in [-0.05, 0) is 38.0 Å². The fraction of sp³-hybridized carbons (Fsp3) is 0.312. The van der Waals surface area contributed by atoms with E-state index < -0.39 is 0 Å². The van der Waals surface area contributed by atoms with Gasteiger partial charge in [0.25, 0.3) is 5.91 Å². The lowest BCUT2D eigenvalue weighted by Gasteiger charge is -2.07. The molecule has 1 aromatic heterocycles. The van der Waals surface area contributed by atoms with Crippen LogP contribution in [-0.4, -0.2) is 24.0 Å². The summed E-state index contributed by atoms with van der Waals surface area (Å²) in [5.41, 5.74) is 1.57. The van der Waals surface area contributed by atoms with Gasteiger partial charge in [0, 0.05) is 6.54 Å². The summed E-state index contributed by atoms with van der Waals surface area (Å²) in [5, 5.41) is 3.42. The minimum absolute atomic E-state index is 0.215. The fourth-order valence-corrected chi connectivity index (χ4v) is 2.19. The second kappa shape index (κ2) is 8.11. The lowest BCUT2D eigenvalue weighted by Crippen LogP contribution is -2.25. The summed E-state index contributed by atoms with van der Waals surface area (Å²) in [6, 6.07) is 9.45. The number of hydrogen-bond donors (Lipinski definition) is 2. The predicted molar refractivity (Wildman–Crippen MR) is 89.1 cm³/mol. The molecule has 2 rings (SSSR count). The van der Waals surface area contributed by atoms with Gasteiger partial charge in [0.05, 0.1) is 11.6 Å². The molecule has 22 heavy (non-hydrogen) atoms. The zero-order valence-corrected chi connectivity index (χ0v) is 13.8. The molecule has 0 saturated heterocycles. The number of halogens is 2. The van der Waals surface area contributed by atoms with Crippen molar-refractivity contribution in [1.29, 1.82) is 0 Å². The number of nitrogens with one attached hydrogen (secondary N) is 2. The summed E-state index contributed by atoms with van der Waals surface area (Å²) < 4.78 is 5.62. The van der Waals surface area contributed by atoms with Crippen LogP contribution in [0.5, 0.6) is 5.75 Å². The van der Waals surface area contributed by atoms with Gasteiger partial charge in [0.2, 0.25) is 0 Å². The summed E-state index contributed by atoms with van der Waals surface area (Å²) in [6.45, 7) is 3.24. The maximum absolute atomic E-state index is 11.8. The second-order valence-electron chi connectivity index (χ2n) is 4.97. The topological polar surface area (TPSA) is 54.1 Å². The number of rotatable bonds is 7. The molecule has 0 saturated carbocycles.